The van der Waals surface area contributed by atoms with Crippen LogP contribution in [0.2, 0.25) is 0 Å². The molecule has 1 aliphatic rings. The zero-order valence-corrected chi connectivity index (χ0v) is 12.3. The van der Waals surface area contributed by atoms with Gasteiger partial charge in [-0.1, -0.05) is 42.5 Å². The smallest absolute Gasteiger partial charge is 0.310 e. The summed E-state index contributed by atoms with van der Waals surface area (Å²) in [5.41, 5.74) is 0.933. The van der Waals surface area contributed by atoms with Gasteiger partial charge in [0, 0.05) is 0 Å². The second-order valence-corrected chi connectivity index (χ2v) is 7.57. The van der Waals surface area contributed by atoms with Gasteiger partial charge in [0.05, 0.1) is 17.4 Å². The molecule has 0 N–H and O–H groups in total. The van der Waals surface area contributed by atoms with Crippen LogP contribution in [0, 0.1) is 5.92 Å². The van der Waals surface area contributed by atoms with Crippen LogP contribution in [0.25, 0.3) is 10.8 Å². The van der Waals surface area contributed by atoms with Gasteiger partial charge in [-0.3, -0.25) is 4.79 Å². The predicted molar refractivity (Wildman–Crippen MR) is 80.5 cm³/mol. The first kappa shape index (κ1) is 14.1. The lowest BCUT2D eigenvalue weighted by atomic mass is 10.1. The average molecular weight is 304 g/mol. The lowest BCUT2D eigenvalue weighted by molar-refractivity contribution is -0.148. The van der Waals surface area contributed by atoms with Gasteiger partial charge in [0.15, 0.2) is 9.84 Å². The molecule has 1 saturated heterocycles. The molecule has 0 amide bonds. The van der Waals surface area contributed by atoms with Crippen LogP contribution in [-0.2, 0) is 26.0 Å². The van der Waals surface area contributed by atoms with Crippen LogP contribution < -0.4 is 0 Å². The number of fused-ring (bicyclic) bond motifs is 1. The van der Waals surface area contributed by atoms with Gasteiger partial charge in [-0.05, 0) is 22.8 Å². The largest absolute Gasteiger partial charge is 0.461 e. The Labute approximate surface area is 123 Å². The van der Waals surface area contributed by atoms with Crippen LogP contribution in [0.3, 0.4) is 0 Å². The maximum absolute atomic E-state index is 12.0. The number of hydrogen-bond donors (Lipinski definition) is 0. The molecule has 1 fully saturated rings. The molecule has 0 saturated carbocycles. The maximum Gasteiger partial charge on any atom is 0.310 e. The van der Waals surface area contributed by atoms with E-state index in [1.807, 2.05) is 42.5 Å². The van der Waals surface area contributed by atoms with Crippen LogP contribution in [-0.4, -0.2) is 25.9 Å². The second-order valence-electron chi connectivity index (χ2n) is 5.35. The summed E-state index contributed by atoms with van der Waals surface area (Å²) in [7, 11) is -3.06. The number of rotatable bonds is 3. The van der Waals surface area contributed by atoms with Crippen LogP contribution in [0.1, 0.15) is 12.0 Å². The summed E-state index contributed by atoms with van der Waals surface area (Å²) in [6, 6.07) is 13.7. The zero-order chi connectivity index (χ0) is 14.9. The Kier molecular flexibility index (Phi) is 3.68. The lowest BCUT2D eigenvalue weighted by Crippen LogP contribution is -2.18. The zero-order valence-electron chi connectivity index (χ0n) is 11.5. The van der Waals surface area contributed by atoms with Gasteiger partial charge < -0.3 is 4.74 Å². The highest BCUT2D eigenvalue weighted by Gasteiger charge is 2.34. The first-order valence-electron chi connectivity index (χ1n) is 6.89. The van der Waals surface area contributed by atoms with Gasteiger partial charge in [0.1, 0.15) is 6.61 Å². The van der Waals surface area contributed by atoms with Gasteiger partial charge in [-0.25, -0.2) is 8.42 Å². The summed E-state index contributed by atoms with van der Waals surface area (Å²) in [6.07, 6.45) is 0.372. The summed E-state index contributed by atoms with van der Waals surface area (Å²) in [4.78, 5) is 12.0. The quantitative estimate of drug-likeness (QED) is 0.817. The minimum Gasteiger partial charge on any atom is -0.461 e. The van der Waals surface area contributed by atoms with E-state index in [0.717, 1.165) is 16.3 Å². The predicted octanol–water partition coefficient (Wildman–Crippen LogP) is 2.32. The molecule has 110 valence electrons. The van der Waals surface area contributed by atoms with E-state index in [1.54, 1.807) is 0 Å². The van der Waals surface area contributed by atoms with Gasteiger partial charge in [-0.15, -0.1) is 0 Å². The first-order chi connectivity index (χ1) is 10.1. The molecule has 1 atom stereocenters. The van der Waals surface area contributed by atoms with Gasteiger partial charge in [0.25, 0.3) is 0 Å². The average Bonchev–Trinajstić information content (AvgIpc) is 2.85. The normalized spacial score (nSPS) is 20.5. The Morgan fingerprint density at radius 3 is 2.67 bits per heavy atom. The standard InChI is InChI=1S/C16H16O4S/c17-16(14-8-9-21(18,19)11-14)20-10-13-6-3-5-12-4-1-2-7-15(12)13/h1-7,14H,8-11H2/t14-/m1/s1. The first-order valence-corrected chi connectivity index (χ1v) is 8.71. The van der Waals surface area contributed by atoms with E-state index in [-0.39, 0.29) is 18.1 Å². The van der Waals surface area contributed by atoms with E-state index in [4.69, 9.17) is 4.74 Å². The van der Waals surface area contributed by atoms with Crippen LogP contribution in [0.4, 0.5) is 0 Å². The highest BCUT2D eigenvalue weighted by molar-refractivity contribution is 7.91. The molecule has 2 aromatic rings. The van der Waals surface area contributed by atoms with Crippen molar-refractivity contribution in [1.82, 2.24) is 0 Å². The number of carbonyl (C=O) groups excluding carboxylic acids is 1. The van der Waals surface area contributed by atoms with E-state index in [2.05, 4.69) is 0 Å². The summed E-state index contributed by atoms with van der Waals surface area (Å²) in [6.45, 7) is 0.177. The minimum atomic E-state index is -3.06. The fraction of sp³-hybridized carbons (Fsp3) is 0.312. The molecule has 0 spiro atoms. The van der Waals surface area contributed by atoms with Gasteiger partial charge >= 0.3 is 5.97 Å². The molecule has 0 aromatic heterocycles. The minimum absolute atomic E-state index is 0.0820. The topological polar surface area (TPSA) is 60.4 Å². The third-order valence-electron chi connectivity index (χ3n) is 3.82. The number of hydrogen-bond acceptors (Lipinski definition) is 4. The number of carbonyl (C=O) groups is 1. The van der Waals surface area contributed by atoms with Gasteiger partial charge in [-0.2, -0.15) is 0 Å². The Morgan fingerprint density at radius 1 is 1.14 bits per heavy atom. The second kappa shape index (κ2) is 5.48. The molecule has 0 bridgehead atoms. The van der Waals surface area contributed by atoms with Crippen molar-refractivity contribution in [2.45, 2.75) is 13.0 Å². The molecular weight excluding hydrogens is 288 g/mol. The van der Waals surface area contributed by atoms with E-state index in [9.17, 15) is 13.2 Å². The summed E-state index contributed by atoms with van der Waals surface area (Å²) in [5.74, 6) is -0.920. The summed E-state index contributed by atoms with van der Waals surface area (Å²) in [5, 5.41) is 2.14. The number of benzene rings is 2. The van der Waals surface area contributed by atoms with Crippen LogP contribution in [0.15, 0.2) is 42.5 Å². The molecule has 0 aliphatic carbocycles. The third-order valence-corrected chi connectivity index (χ3v) is 5.58. The third kappa shape index (κ3) is 3.08. The monoisotopic (exact) mass is 304 g/mol. The van der Waals surface area contributed by atoms with Crippen LogP contribution >= 0.6 is 0 Å². The van der Waals surface area contributed by atoms with Crippen molar-refractivity contribution < 1.29 is 17.9 Å². The number of esters is 1. The van der Waals surface area contributed by atoms with E-state index >= 15 is 0 Å². The van der Waals surface area contributed by atoms with Crippen molar-refractivity contribution in [1.29, 1.82) is 0 Å². The highest BCUT2D eigenvalue weighted by Crippen LogP contribution is 2.22. The fourth-order valence-corrected chi connectivity index (χ4v) is 4.39. The van der Waals surface area contributed by atoms with Crippen molar-refractivity contribution >= 4 is 26.6 Å². The molecule has 3 rings (SSSR count). The van der Waals surface area contributed by atoms with Crippen LogP contribution in [0.5, 0.6) is 0 Å². The summed E-state index contributed by atoms with van der Waals surface area (Å²) < 4.78 is 28.1. The van der Waals surface area contributed by atoms with Crippen molar-refractivity contribution in [3.63, 3.8) is 0 Å². The SMILES string of the molecule is O=C(OCc1cccc2ccccc12)[C@@H]1CCS(=O)(=O)C1. The maximum atomic E-state index is 12.0. The highest BCUT2D eigenvalue weighted by atomic mass is 32.2. The van der Waals surface area contributed by atoms with Crippen molar-refractivity contribution in [3.8, 4) is 0 Å². The Balaban J connectivity index is 1.71. The Bertz CT molecular complexity index is 774. The molecule has 0 radical (unpaired) electrons. The molecule has 2 aromatic carbocycles. The molecule has 1 aliphatic heterocycles. The molecule has 21 heavy (non-hydrogen) atoms. The molecule has 1 heterocycles. The summed E-state index contributed by atoms with van der Waals surface area (Å²) >= 11 is 0. The molecule has 5 heteroatoms. The molecular formula is C16H16O4S. The van der Waals surface area contributed by atoms with E-state index < -0.39 is 21.7 Å². The fourth-order valence-electron chi connectivity index (χ4n) is 2.67. The molecule has 0 unspecified atom stereocenters. The lowest BCUT2D eigenvalue weighted by Gasteiger charge is -2.10. The van der Waals surface area contributed by atoms with Crippen molar-refractivity contribution in [2.75, 3.05) is 11.5 Å². The number of ether oxygens (including phenoxy) is 1. The molecule has 4 nitrogen and oxygen atoms in total. The van der Waals surface area contributed by atoms with Crippen molar-refractivity contribution in [2.24, 2.45) is 5.92 Å². The number of sulfone groups is 1. The Morgan fingerprint density at radius 2 is 1.90 bits per heavy atom. The Hall–Kier alpha value is -1.88. The van der Waals surface area contributed by atoms with Gasteiger partial charge in [0.2, 0.25) is 0 Å². The van der Waals surface area contributed by atoms with E-state index in [0.29, 0.717) is 6.42 Å². The van der Waals surface area contributed by atoms with Crippen molar-refractivity contribution in [3.05, 3.63) is 48.0 Å². The van der Waals surface area contributed by atoms with E-state index in [1.165, 1.54) is 0 Å².